The fraction of sp³-hybridized carbons (Fsp3) is 0.333. The van der Waals surface area contributed by atoms with Crippen LogP contribution in [0.5, 0.6) is 5.75 Å². The molecular formula is C18H20N2O6S. The number of imide groups is 1. The van der Waals surface area contributed by atoms with Crippen LogP contribution in [0.2, 0.25) is 0 Å². The molecule has 0 spiro atoms. The maximum atomic E-state index is 12.5. The first-order chi connectivity index (χ1) is 12.8. The van der Waals surface area contributed by atoms with E-state index in [0.717, 1.165) is 16.7 Å². The van der Waals surface area contributed by atoms with Gasteiger partial charge >= 0.3 is 5.97 Å². The molecule has 0 radical (unpaired) electrons. The van der Waals surface area contributed by atoms with Gasteiger partial charge in [0.1, 0.15) is 12.3 Å². The molecule has 0 aliphatic carbocycles. The summed E-state index contributed by atoms with van der Waals surface area (Å²) >= 11 is 0.720. The number of ether oxygens (including phenoxy) is 2. The molecule has 27 heavy (non-hydrogen) atoms. The predicted molar refractivity (Wildman–Crippen MR) is 99.7 cm³/mol. The van der Waals surface area contributed by atoms with Crippen molar-refractivity contribution < 1.29 is 28.7 Å². The Morgan fingerprint density at radius 1 is 1.30 bits per heavy atom. The first-order valence-electron chi connectivity index (χ1n) is 8.26. The second-order valence-electron chi connectivity index (χ2n) is 5.77. The van der Waals surface area contributed by atoms with Gasteiger partial charge in [-0.15, -0.1) is 0 Å². The summed E-state index contributed by atoms with van der Waals surface area (Å²) in [5, 5.41) is -0.553. The summed E-state index contributed by atoms with van der Waals surface area (Å²) in [4.78, 5) is 48.3. The van der Waals surface area contributed by atoms with Crippen molar-refractivity contribution in [1.82, 2.24) is 4.90 Å². The molecule has 1 aliphatic rings. The third-order valence-corrected chi connectivity index (χ3v) is 4.55. The zero-order valence-corrected chi connectivity index (χ0v) is 15.8. The lowest BCUT2D eigenvalue weighted by Gasteiger charge is -2.14. The van der Waals surface area contributed by atoms with Crippen LogP contribution >= 0.6 is 11.8 Å². The van der Waals surface area contributed by atoms with Crippen LogP contribution in [-0.4, -0.2) is 47.2 Å². The van der Waals surface area contributed by atoms with E-state index in [1.165, 1.54) is 6.08 Å². The largest absolute Gasteiger partial charge is 0.483 e. The highest BCUT2D eigenvalue weighted by Gasteiger charge is 2.37. The number of rotatable bonds is 8. The summed E-state index contributed by atoms with van der Waals surface area (Å²) in [7, 11) is 0. The molecule has 1 heterocycles. The Labute approximate surface area is 160 Å². The SMILES string of the molecule is CCC(C)OC(=O)CN1C(=O)S/C(=C/c2ccccc2OCC(N)=O)C1=O. The predicted octanol–water partition coefficient (Wildman–Crippen LogP) is 1.93. The van der Waals surface area contributed by atoms with Gasteiger partial charge in [0, 0.05) is 5.56 Å². The summed E-state index contributed by atoms with van der Waals surface area (Å²) in [5.41, 5.74) is 5.58. The summed E-state index contributed by atoms with van der Waals surface area (Å²) in [5.74, 6) is -1.52. The van der Waals surface area contributed by atoms with Crippen molar-refractivity contribution in [3.8, 4) is 5.75 Å². The number of benzene rings is 1. The number of hydrogen-bond acceptors (Lipinski definition) is 7. The maximum Gasteiger partial charge on any atom is 0.326 e. The van der Waals surface area contributed by atoms with Gasteiger partial charge in [0.2, 0.25) is 0 Å². The van der Waals surface area contributed by atoms with E-state index in [0.29, 0.717) is 17.7 Å². The highest BCUT2D eigenvalue weighted by atomic mass is 32.2. The van der Waals surface area contributed by atoms with E-state index >= 15 is 0 Å². The third kappa shape index (κ3) is 5.58. The Bertz CT molecular complexity index is 792. The van der Waals surface area contributed by atoms with Crippen LogP contribution in [0.15, 0.2) is 29.2 Å². The zero-order chi connectivity index (χ0) is 20.0. The first kappa shape index (κ1) is 20.5. The quantitative estimate of drug-likeness (QED) is 0.531. The minimum atomic E-state index is -0.641. The van der Waals surface area contributed by atoms with Crippen LogP contribution < -0.4 is 10.5 Å². The third-order valence-electron chi connectivity index (χ3n) is 3.64. The van der Waals surface area contributed by atoms with E-state index in [1.54, 1.807) is 31.2 Å². The van der Waals surface area contributed by atoms with Gasteiger partial charge in [-0.25, -0.2) is 0 Å². The number of hydrogen-bond donors (Lipinski definition) is 1. The summed E-state index contributed by atoms with van der Waals surface area (Å²) in [6, 6.07) is 6.70. The highest BCUT2D eigenvalue weighted by Crippen LogP contribution is 2.33. The second-order valence-corrected chi connectivity index (χ2v) is 6.76. The minimum Gasteiger partial charge on any atom is -0.483 e. The number of nitrogens with zero attached hydrogens (tertiary/aromatic N) is 1. The molecule has 1 atom stereocenters. The molecule has 0 aromatic heterocycles. The molecular weight excluding hydrogens is 372 g/mol. The second kappa shape index (κ2) is 9.22. The Hall–Kier alpha value is -2.81. The smallest absolute Gasteiger partial charge is 0.326 e. The molecule has 1 saturated heterocycles. The molecule has 144 valence electrons. The fourth-order valence-electron chi connectivity index (χ4n) is 2.13. The Morgan fingerprint density at radius 3 is 2.67 bits per heavy atom. The molecule has 0 bridgehead atoms. The molecule has 0 saturated carbocycles. The number of esters is 1. The summed E-state index contributed by atoms with van der Waals surface area (Å²) in [6.07, 6.45) is 1.82. The van der Waals surface area contributed by atoms with Crippen LogP contribution in [0.4, 0.5) is 4.79 Å². The topological polar surface area (TPSA) is 116 Å². The molecule has 1 aliphatic heterocycles. The van der Waals surface area contributed by atoms with Crippen molar-refractivity contribution in [2.75, 3.05) is 13.2 Å². The van der Waals surface area contributed by atoms with Crippen LogP contribution in [0.3, 0.4) is 0 Å². The van der Waals surface area contributed by atoms with Crippen molar-refractivity contribution in [1.29, 1.82) is 0 Å². The summed E-state index contributed by atoms with van der Waals surface area (Å²) < 4.78 is 10.4. The molecule has 3 amide bonds. The average Bonchev–Trinajstić information content (AvgIpc) is 2.88. The Morgan fingerprint density at radius 2 is 2.00 bits per heavy atom. The summed E-state index contributed by atoms with van der Waals surface area (Å²) in [6.45, 7) is 2.84. The van der Waals surface area contributed by atoms with Gasteiger partial charge in [-0.2, -0.15) is 0 Å². The van der Waals surface area contributed by atoms with E-state index in [1.807, 2.05) is 6.92 Å². The lowest BCUT2D eigenvalue weighted by molar-refractivity contribution is -0.150. The van der Waals surface area contributed by atoms with Crippen molar-refractivity contribution in [3.05, 3.63) is 34.7 Å². The van der Waals surface area contributed by atoms with E-state index in [-0.39, 0.29) is 17.6 Å². The number of nitrogens with two attached hydrogens (primary N) is 1. The fourth-order valence-corrected chi connectivity index (χ4v) is 2.96. The van der Waals surface area contributed by atoms with Gasteiger partial charge < -0.3 is 15.2 Å². The number of primary amides is 1. The average molecular weight is 392 g/mol. The van der Waals surface area contributed by atoms with Gasteiger partial charge in [-0.3, -0.25) is 24.1 Å². The monoisotopic (exact) mass is 392 g/mol. The van der Waals surface area contributed by atoms with Gasteiger partial charge in [0.25, 0.3) is 17.1 Å². The van der Waals surface area contributed by atoms with Gasteiger partial charge in [0.15, 0.2) is 6.61 Å². The lowest BCUT2D eigenvalue weighted by Crippen LogP contribution is -2.35. The Kier molecular flexibility index (Phi) is 7.00. The Balaban J connectivity index is 2.14. The van der Waals surface area contributed by atoms with Crippen molar-refractivity contribution in [2.24, 2.45) is 5.73 Å². The highest BCUT2D eigenvalue weighted by molar-refractivity contribution is 8.18. The van der Waals surface area contributed by atoms with Crippen LogP contribution in [-0.2, 0) is 19.1 Å². The first-order valence-corrected chi connectivity index (χ1v) is 9.08. The van der Waals surface area contributed by atoms with Crippen molar-refractivity contribution >= 4 is 40.9 Å². The molecule has 2 N–H and O–H groups in total. The van der Waals surface area contributed by atoms with Crippen LogP contribution in [0, 0.1) is 0 Å². The molecule has 1 aromatic carbocycles. The molecule has 1 aromatic rings. The molecule has 1 fully saturated rings. The maximum absolute atomic E-state index is 12.5. The number of carbonyl (C=O) groups is 4. The molecule has 8 nitrogen and oxygen atoms in total. The standard InChI is InChI=1S/C18H20N2O6S/c1-3-11(2)26-16(22)9-20-17(23)14(27-18(20)24)8-12-6-4-5-7-13(12)25-10-15(19)21/h4-8,11H,3,9-10H2,1-2H3,(H2,19,21)/b14-8+. The van der Waals surface area contributed by atoms with Gasteiger partial charge in [-0.1, -0.05) is 25.1 Å². The number of thioether (sulfide) groups is 1. The number of amides is 3. The van der Waals surface area contributed by atoms with Crippen LogP contribution in [0.1, 0.15) is 25.8 Å². The van der Waals surface area contributed by atoms with E-state index in [4.69, 9.17) is 15.2 Å². The van der Waals surface area contributed by atoms with Crippen LogP contribution in [0.25, 0.3) is 6.08 Å². The van der Waals surface area contributed by atoms with Gasteiger partial charge in [-0.05, 0) is 37.2 Å². The van der Waals surface area contributed by atoms with Gasteiger partial charge in [0.05, 0.1) is 11.0 Å². The lowest BCUT2D eigenvalue weighted by atomic mass is 10.2. The van der Waals surface area contributed by atoms with E-state index in [9.17, 15) is 19.2 Å². The number of carbonyl (C=O) groups excluding carboxylic acids is 4. The molecule has 9 heteroatoms. The molecule has 2 rings (SSSR count). The normalized spacial score (nSPS) is 16.5. The van der Waals surface area contributed by atoms with Crippen molar-refractivity contribution in [2.45, 2.75) is 26.4 Å². The number of para-hydroxylation sites is 1. The minimum absolute atomic E-state index is 0.145. The van der Waals surface area contributed by atoms with Crippen molar-refractivity contribution in [3.63, 3.8) is 0 Å². The van der Waals surface area contributed by atoms with E-state index in [2.05, 4.69) is 0 Å². The molecule has 1 unspecified atom stereocenters. The zero-order valence-electron chi connectivity index (χ0n) is 15.0. The van der Waals surface area contributed by atoms with E-state index < -0.39 is 29.6 Å².